The standard InChI is InChI=1S/C15H17BrN2OS/c1-18(2)13(15-4-3-7-20-15)10-17-9-11-8-12(16)5-6-14(11)19/h3-9,13,19H,10H2,1-2H3/p+1/t13-/m1/s1. The first-order chi connectivity index (χ1) is 9.58. The van der Waals surface area contributed by atoms with Crippen molar-refractivity contribution in [3.8, 4) is 5.75 Å². The molecule has 2 N–H and O–H groups in total. The molecule has 1 aromatic carbocycles. The third-order valence-electron chi connectivity index (χ3n) is 3.09. The number of likely N-dealkylation sites (N-methyl/N-ethyl adjacent to an activating group) is 1. The molecule has 1 atom stereocenters. The van der Waals surface area contributed by atoms with Gasteiger partial charge in [0.05, 0.1) is 25.5 Å². The van der Waals surface area contributed by atoms with E-state index in [4.69, 9.17) is 0 Å². The monoisotopic (exact) mass is 353 g/mol. The number of rotatable bonds is 5. The highest BCUT2D eigenvalue weighted by molar-refractivity contribution is 9.10. The number of hydrogen-bond donors (Lipinski definition) is 2. The van der Waals surface area contributed by atoms with Crippen LogP contribution >= 0.6 is 27.3 Å². The Kier molecular flexibility index (Phi) is 5.34. The maximum absolute atomic E-state index is 9.78. The minimum Gasteiger partial charge on any atom is -0.507 e. The van der Waals surface area contributed by atoms with E-state index in [1.807, 2.05) is 12.1 Å². The molecule has 1 aromatic heterocycles. The van der Waals surface area contributed by atoms with E-state index in [1.165, 1.54) is 9.78 Å². The molecule has 0 aliphatic heterocycles. The Bertz CT molecular complexity index is 582. The summed E-state index contributed by atoms with van der Waals surface area (Å²) in [5.41, 5.74) is 0.734. The van der Waals surface area contributed by atoms with Gasteiger partial charge in [0, 0.05) is 16.3 Å². The zero-order valence-corrected chi connectivity index (χ0v) is 13.9. The van der Waals surface area contributed by atoms with Crippen molar-refractivity contribution in [2.45, 2.75) is 6.04 Å². The van der Waals surface area contributed by atoms with Crippen LogP contribution in [-0.4, -0.2) is 32.0 Å². The van der Waals surface area contributed by atoms with Crippen molar-refractivity contribution >= 4 is 33.5 Å². The molecular formula is C15H18BrN2OS+. The summed E-state index contributed by atoms with van der Waals surface area (Å²) in [5.74, 6) is 0.252. The second-order valence-electron chi connectivity index (χ2n) is 4.84. The number of quaternary nitrogens is 1. The first-order valence-corrected chi connectivity index (χ1v) is 8.07. The predicted octanol–water partition coefficient (Wildman–Crippen LogP) is 2.52. The average molecular weight is 354 g/mol. The van der Waals surface area contributed by atoms with Crippen LogP contribution in [0.5, 0.6) is 5.75 Å². The highest BCUT2D eigenvalue weighted by Gasteiger charge is 2.17. The lowest BCUT2D eigenvalue weighted by Crippen LogP contribution is -3.06. The van der Waals surface area contributed by atoms with Crippen LogP contribution in [0.15, 0.2) is 45.2 Å². The van der Waals surface area contributed by atoms with E-state index in [0.717, 1.165) is 10.0 Å². The van der Waals surface area contributed by atoms with Crippen LogP contribution in [0.1, 0.15) is 16.5 Å². The summed E-state index contributed by atoms with van der Waals surface area (Å²) in [7, 11) is 4.27. The normalized spacial score (nSPS) is 13.2. The third-order valence-corrected chi connectivity index (χ3v) is 4.57. The molecule has 0 amide bonds. The van der Waals surface area contributed by atoms with Gasteiger partial charge in [0.1, 0.15) is 11.8 Å². The summed E-state index contributed by atoms with van der Waals surface area (Å²) in [6.07, 6.45) is 1.74. The second kappa shape index (κ2) is 7.02. The fourth-order valence-electron chi connectivity index (χ4n) is 1.93. The van der Waals surface area contributed by atoms with Gasteiger partial charge in [-0.15, -0.1) is 11.3 Å². The predicted molar refractivity (Wildman–Crippen MR) is 88.1 cm³/mol. The Balaban J connectivity index is 2.09. The van der Waals surface area contributed by atoms with Gasteiger partial charge in [-0.1, -0.05) is 22.0 Å². The minimum atomic E-state index is 0.252. The number of aliphatic imine (C=N–C) groups is 1. The highest BCUT2D eigenvalue weighted by atomic mass is 79.9. The van der Waals surface area contributed by atoms with Gasteiger partial charge in [-0.25, -0.2) is 0 Å². The summed E-state index contributed by atoms with van der Waals surface area (Å²) < 4.78 is 0.935. The number of benzene rings is 1. The fourth-order valence-corrected chi connectivity index (χ4v) is 3.26. The summed E-state index contributed by atoms with van der Waals surface area (Å²) in [6, 6.07) is 9.90. The maximum Gasteiger partial charge on any atom is 0.142 e. The molecule has 106 valence electrons. The molecule has 0 saturated carbocycles. The van der Waals surface area contributed by atoms with Crippen molar-refractivity contribution < 1.29 is 10.0 Å². The van der Waals surface area contributed by atoms with Crippen LogP contribution in [0.25, 0.3) is 0 Å². The molecule has 20 heavy (non-hydrogen) atoms. The average Bonchev–Trinajstić information content (AvgIpc) is 2.91. The van der Waals surface area contributed by atoms with E-state index in [1.54, 1.807) is 23.6 Å². The van der Waals surface area contributed by atoms with Crippen molar-refractivity contribution in [1.29, 1.82) is 0 Å². The summed E-state index contributed by atoms with van der Waals surface area (Å²) >= 11 is 5.16. The number of thiophene rings is 1. The molecule has 3 nitrogen and oxygen atoms in total. The maximum atomic E-state index is 9.78. The SMILES string of the molecule is C[NH+](C)[C@H](CN=Cc1cc(Br)ccc1O)c1cccs1. The third kappa shape index (κ3) is 3.91. The van der Waals surface area contributed by atoms with Gasteiger partial charge in [-0.2, -0.15) is 0 Å². The Labute approximate surface area is 131 Å². The van der Waals surface area contributed by atoms with Crippen LogP contribution in [0, 0.1) is 0 Å². The molecule has 0 spiro atoms. The Morgan fingerprint density at radius 1 is 1.40 bits per heavy atom. The van der Waals surface area contributed by atoms with E-state index in [9.17, 15) is 5.11 Å². The van der Waals surface area contributed by atoms with E-state index in [0.29, 0.717) is 12.6 Å². The van der Waals surface area contributed by atoms with Crippen LogP contribution in [0.2, 0.25) is 0 Å². The number of hydrogen-bond acceptors (Lipinski definition) is 3. The zero-order chi connectivity index (χ0) is 14.5. The first-order valence-electron chi connectivity index (χ1n) is 6.39. The Hall–Kier alpha value is -1.17. The second-order valence-corrected chi connectivity index (χ2v) is 6.74. The Morgan fingerprint density at radius 2 is 2.20 bits per heavy atom. The van der Waals surface area contributed by atoms with Gasteiger partial charge in [0.2, 0.25) is 0 Å². The number of phenols is 1. The van der Waals surface area contributed by atoms with Crippen molar-refractivity contribution in [3.05, 3.63) is 50.6 Å². The van der Waals surface area contributed by atoms with Crippen LogP contribution in [-0.2, 0) is 0 Å². The lowest BCUT2D eigenvalue weighted by Gasteiger charge is -2.18. The largest absolute Gasteiger partial charge is 0.507 e. The van der Waals surface area contributed by atoms with Crippen LogP contribution in [0.3, 0.4) is 0 Å². The number of nitrogens with zero attached hydrogens (tertiary/aromatic N) is 1. The number of aromatic hydroxyl groups is 1. The molecule has 2 aromatic rings. The molecule has 0 radical (unpaired) electrons. The molecular weight excluding hydrogens is 336 g/mol. The topological polar surface area (TPSA) is 37.0 Å². The van der Waals surface area contributed by atoms with Gasteiger partial charge in [-0.05, 0) is 29.6 Å². The van der Waals surface area contributed by atoms with E-state index in [2.05, 4.69) is 52.5 Å². The summed E-state index contributed by atoms with van der Waals surface area (Å²) in [5, 5.41) is 11.9. The van der Waals surface area contributed by atoms with Gasteiger partial charge < -0.3 is 10.0 Å². The van der Waals surface area contributed by atoms with Crippen molar-refractivity contribution in [3.63, 3.8) is 0 Å². The molecule has 0 bridgehead atoms. The van der Waals surface area contributed by atoms with Crippen molar-refractivity contribution in [2.75, 3.05) is 20.6 Å². The van der Waals surface area contributed by atoms with Gasteiger partial charge >= 0.3 is 0 Å². The summed E-state index contributed by atoms with van der Waals surface area (Å²) in [4.78, 5) is 7.19. The van der Waals surface area contributed by atoms with E-state index < -0.39 is 0 Å². The lowest BCUT2D eigenvalue weighted by atomic mass is 10.2. The van der Waals surface area contributed by atoms with Gasteiger partial charge in [0.15, 0.2) is 0 Å². The highest BCUT2D eigenvalue weighted by Crippen LogP contribution is 2.20. The van der Waals surface area contributed by atoms with Crippen molar-refractivity contribution in [1.82, 2.24) is 0 Å². The molecule has 0 unspecified atom stereocenters. The number of nitrogens with one attached hydrogen (secondary N) is 1. The number of halogens is 1. The van der Waals surface area contributed by atoms with Gasteiger partial charge in [-0.3, -0.25) is 4.99 Å². The first kappa shape index (κ1) is 15.2. The minimum absolute atomic E-state index is 0.252. The van der Waals surface area contributed by atoms with Crippen LogP contribution in [0.4, 0.5) is 0 Å². The lowest BCUT2D eigenvalue weighted by molar-refractivity contribution is -0.890. The molecule has 2 rings (SSSR count). The Morgan fingerprint density at radius 3 is 2.85 bits per heavy atom. The summed E-state index contributed by atoms with van der Waals surface area (Å²) in [6.45, 7) is 0.703. The molecule has 1 heterocycles. The molecule has 0 aliphatic carbocycles. The molecule has 0 saturated heterocycles. The smallest absolute Gasteiger partial charge is 0.142 e. The van der Waals surface area contributed by atoms with Crippen LogP contribution < -0.4 is 4.90 Å². The molecule has 0 aliphatic rings. The van der Waals surface area contributed by atoms with Crippen molar-refractivity contribution in [2.24, 2.45) is 4.99 Å². The molecule has 0 fully saturated rings. The number of phenolic OH excluding ortho intramolecular Hbond substituents is 1. The fraction of sp³-hybridized carbons (Fsp3) is 0.267. The van der Waals surface area contributed by atoms with E-state index >= 15 is 0 Å². The molecule has 5 heteroatoms. The quantitative estimate of drug-likeness (QED) is 0.796. The van der Waals surface area contributed by atoms with Gasteiger partial charge in [0.25, 0.3) is 0 Å². The zero-order valence-electron chi connectivity index (χ0n) is 11.5. The van der Waals surface area contributed by atoms with E-state index in [-0.39, 0.29) is 5.75 Å².